The maximum absolute atomic E-state index is 14.0. The number of unbranched alkanes of at least 4 members (excludes halogenated alkanes) is 3. The van der Waals surface area contributed by atoms with Crippen LogP contribution in [0.5, 0.6) is 0 Å². The van der Waals surface area contributed by atoms with Gasteiger partial charge in [0.1, 0.15) is 6.04 Å². The van der Waals surface area contributed by atoms with Crippen LogP contribution in [0.15, 0.2) is 20.0 Å². The summed E-state index contributed by atoms with van der Waals surface area (Å²) < 4.78 is 0. The lowest BCUT2D eigenvalue weighted by atomic mass is 10.1. The molecule has 0 aliphatic heterocycles. The number of hydrogen-bond donors (Lipinski definition) is 12. The maximum Gasteiger partial charge on any atom is 0.242 e. The summed E-state index contributed by atoms with van der Waals surface area (Å²) in [6, 6.07) is 0.836. The van der Waals surface area contributed by atoms with Gasteiger partial charge in [-0.15, -0.1) is 0 Å². The van der Waals surface area contributed by atoms with Crippen molar-refractivity contribution < 1.29 is 28.8 Å². The highest BCUT2D eigenvalue weighted by Gasteiger charge is 2.28. The fourth-order valence-electron chi connectivity index (χ4n) is 5.81. The van der Waals surface area contributed by atoms with Crippen molar-refractivity contribution in [1.29, 1.82) is 5.26 Å². The molecule has 0 heterocycles. The zero-order valence-electron chi connectivity index (χ0n) is 37.0. The van der Waals surface area contributed by atoms with E-state index in [2.05, 4.69) is 30.6 Å². The van der Waals surface area contributed by atoms with Crippen LogP contribution in [0.3, 0.4) is 0 Å². The third-order valence-corrected chi connectivity index (χ3v) is 9.07. The minimum Gasteiger partial charge on any atom is -0.370 e. The van der Waals surface area contributed by atoms with Crippen LogP contribution >= 0.6 is 0 Å². The van der Waals surface area contributed by atoms with Crippen LogP contribution in [-0.2, 0) is 28.8 Å². The molecule has 0 aromatic carbocycles. The number of amides is 6. The van der Waals surface area contributed by atoms with Gasteiger partial charge in [-0.3, -0.25) is 48.7 Å². The first-order valence-electron chi connectivity index (χ1n) is 21.1. The van der Waals surface area contributed by atoms with Crippen molar-refractivity contribution in [1.82, 2.24) is 30.2 Å². The molecule has 0 rings (SSSR count). The van der Waals surface area contributed by atoms with Crippen LogP contribution in [-0.4, -0.2) is 183 Å². The van der Waals surface area contributed by atoms with E-state index in [4.69, 9.17) is 57.3 Å². The van der Waals surface area contributed by atoms with Crippen LogP contribution in [0.2, 0.25) is 0 Å². The molecule has 0 saturated heterocycles. The summed E-state index contributed by atoms with van der Waals surface area (Å²) in [5.41, 5.74) is 54.5. The first-order chi connectivity index (χ1) is 30.4. The second-order valence-corrected chi connectivity index (χ2v) is 14.5. The van der Waals surface area contributed by atoms with E-state index in [0.717, 1.165) is 35.5 Å². The number of hydrogen-bond acceptors (Lipinski definition) is 13. The number of nitriles is 1. The fourth-order valence-corrected chi connectivity index (χ4v) is 5.81. The van der Waals surface area contributed by atoms with Gasteiger partial charge in [-0.25, -0.2) is 0 Å². The third kappa shape index (κ3) is 29.5. The molecule has 0 unspecified atom stereocenters. The summed E-state index contributed by atoms with van der Waals surface area (Å²) in [7, 11) is 0. The minimum atomic E-state index is -1.11. The monoisotopic (exact) mass is 908 g/mol. The van der Waals surface area contributed by atoms with Gasteiger partial charge in [0.25, 0.3) is 0 Å². The van der Waals surface area contributed by atoms with Gasteiger partial charge in [-0.05, 0) is 58.0 Å². The first kappa shape index (κ1) is 57.3. The van der Waals surface area contributed by atoms with E-state index < -0.39 is 61.8 Å². The number of carbonyl (C=O) groups is 6. The fraction of sp³-hybridized carbons (Fsp3) is 0.703. The number of aliphatic imine (C=N–C) groups is 4. The van der Waals surface area contributed by atoms with Crippen LogP contribution < -0.4 is 68.0 Å². The zero-order valence-corrected chi connectivity index (χ0v) is 37.0. The Hall–Kier alpha value is -6.69. The summed E-state index contributed by atoms with van der Waals surface area (Å²) >= 11 is 0. The molecule has 0 saturated carbocycles. The molecule has 362 valence electrons. The topological polar surface area (TPSA) is 473 Å². The van der Waals surface area contributed by atoms with Crippen molar-refractivity contribution in [3.05, 3.63) is 0 Å². The second-order valence-electron chi connectivity index (χ2n) is 14.5. The number of nitrogens with two attached hydrogens (primary N) is 10. The van der Waals surface area contributed by atoms with Gasteiger partial charge in [0.15, 0.2) is 23.8 Å². The second kappa shape index (κ2) is 34.8. The lowest BCUT2D eigenvalue weighted by molar-refractivity contribution is -0.146. The molecule has 0 bridgehead atoms. The molecular formula is C37H73N21O6. The largest absolute Gasteiger partial charge is 0.370 e. The van der Waals surface area contributed by atoms with Crippen molar-refractivity contribution in [2.75, 3.05) is 98.2 Å². The SMILES string of the molecule is N#CCCN(CC(=O)N(CCCN=C(N)N)CC(=O)N[C@H](CCCN=C(N)N)C(N)=O)C(=O)CN(CCCN=C(N)N)C(=O)CN(CCCN=C(N)N)C(=O)CNCCCCCCN. The van der Waals surface area contributed by atoms with Gasteiger partial charge in [0.2, 0.25) is 35.4 Å². The number of rotatable bonds is 36. The van der Waals surface area contributed by atoms with E-state index in [0.29, 0.717) is 25.9 Å². The highest BCUT2D eigenvalue weighted by molar-refractivity contribution is 5.92. The van der Waals surface area contributed by atoms with Crippen molar-refractivity contribution in [2.45, 2.75) is 70.3 Å². The normalized spacial score (nSPS) is 10.9. The average Bonchev–Trinajstić information content (AvgIpc) is 3.22. The molecule has 22 N–H and O–H groups in total. The quantitative estimate of drug-likeness (QED) is 0.0158. The predicted molar refractivity (Wildman–Crippen MR) is 244 cm³/mol. The maximum atomic E-state index is 14.0. The van der Waals surface area contributed by atoms with Crippen molar-refractivity contribution in [3.63, 3.8) is 0 Å². The highest BCUT2D eigenvalue weighted by atomic mass is 16.2. The summed E-state index contributed by atoms with van der Waals surface area (Å²) in [6.07, 6.45) is 4.61. The van der Waals surface area contributed by atoms with Crippen LogP contribution in [0, 0.1) is 11.3 Å². The smallest absolute Gasteiger partial charge is 0.242 e. The Kier molecular flexibility index (Phi) is 31.2. The Balaban J connectivity index is 6.38. The Morgan fingerprint density at radius 2 is 0.922 bits per heavy atom. The van der Waals surface area contributed by atoms with E-state index in [1.807, 2.05) is 6.07 Å². The number of guanidine groups is 4. The first-order valence-corrected chi connectivity index (χ1v) is 21.1. The molecule has 0 aromatic rings. The molecule has 6 amide bonds. The number of nitrogens with zero attached hydrogens (tertiary/aromatic N) is 9. The molecule has 64 heavy (non-hydrogen) atoms. The van der Waals surface area contributed by atoms with Crippen molar-refractivity contribution in [3.8, 4) is 6.07 Å². The Morgan fingerprint density at radius 3 is 1.34 bits per heavy atom. The van der Waals surface area contributed by atoms with E-state index >= 15 is 0 Å². The standard InChI is InChI=1S/C37H73N21O6/c38-11-3-1-2-4-13-49-22-29(60)56(20-8-16-52-36(45)46)24-31(62)58(21-9-17-53-37(47)48)26-32(63)57(18-6-12-39)25-30(61)55(19-7-15-51-35(43)44)23-28(59)54-27(33(40)64)10-5-14-50-34(41)42/h27,49H,1-11,13-26,38H2,(H2,40,64)(H,54,59)(H4,41,42,50)(H4,43,44,51)(H4,45,46,52)(H4,47,48,53)/t27-/m1/s1. The van der Waals surface area contributed by atoms with Gasteiger partial charge < -0.3 is 87.6 Å². The molecule has 27 nitrogen and oxygen atoms in total. The summed E-state index contributed by atoms with van der Waals surface area (Å²) in [6.45, 7) is -0.600. The Morgan fingerprint density at radius 1 is 0.516 bits per heavy atom. The lowest BCUT2D eigenvalue weighted by Gasteiger charge is -2.31. The van der Waals surface area contributed by atoms with Crippen molar-refractivity contribution in [2.24, 2.45) is 77.3 Å². The van der Waals surface area contributed by atoms with Gasteiger partial charge in [-0.1, -0.05) is 12.8 Å². The van der Waals surface area contributed by atoms with E-state index in [9.17, 15) is 34.0 Å². The van der Waals surface area contributed by atoms with E-state index in [1.165, 1.54) is 9.80 Å². The molecular weight excluding hydrogens is 835 g/mol. The summed E-state index contributed by atoms with van der Waals surface area (Å²) in [5.74, 6) is -4.57. The van der Waals surface area contributed by atoms with Gasteiger partial charge >= 0.3 is 0 Å². The number of nitrogens with one attached hydrogen (secondary N) is 2. The lowest BCUT2D eigenvalue weighted by Crippen LogP contribution is -2.52. The zero-order chi connectivity index (χ0) is 48.3. The Labute approximate surface area is 374 Å². The highest BCUT2D eigenvalue weighted by Crippen LogP contribution is 2.06. The molecule has 0 fully saturated rings. The third-order valence-electron chi connectivity index (χ3n) is 9.07. The Bertz CT molecular complexity index is 1600. The van der Waals surface area contributed by atoms with E-state index in [1.54, 1.807) is 0 Å². The van der Waals surface area contributed by atoms with Crippen LogP contribution in [0.1, 0.15) is 64.2 Å². The van der Waals surface area contributed by atoms with Gasteiger partial charge in [0, 0.05) is 52.4 Å². The molecule has 0 aliphatic carbocycles. The summed E-state index contributed by atoms with van der Waals surface area (Å²) in [5, 5.41) is 15.1. The predicted octanol–water partition coefficient (Wildman–Crippen LogP) is -6.66. The minimum absolute atomic E-state index is 0.0253. The number of primary amides is 1. The van der Waals surface area contributed by atoms with Crippen LogP contribution in [0.4, 0.5) is 0 Å². The molecule has 0 aromatic heterocycles. The van der Waals surface area contributed by atoms with Gasteiger partial charge in [-0.2, -0.15) is 5.26 Å². The molecule has 0 aliphatic rings. The molecule has 0 spiro atoms. The summed E-state index contributed by atoms with van der Waals surface area (Å²) in [4.78, 5) is 101. The van der Waals surface area contributed by atoms with Gasteiger partial charge in [0.05, 0.1) is 45.2 Å². The number of carbonyl (C=O) groups excluding carboxylic acids is 6. The van der Waals surface area contributed by atoms with E-state index in [-0.39, 0.29) is 114 Å². The molecule has 27 heteroatoms. The van der Waals surface area contributed by atoms with Crippen LogP contribution in [0.25, 0.3) is 0 Å². The molecule has 0 radical (unpaired) electrons. The molecule has 1 atom stereocenters. The van der Waals surface area contributed by atoms with Crippen molar-refractivity contribution >= 4 is 59.3 Å². The average molecular weight is 908 g/mol.